The molecule has 0 spiro atoms. The molecule has 0 N–H and O–H groups in total. The number of carbonyl (C=O) groups is 1. The minimum absolute atomic E-state index is 0.0438. The number of hydrogen-bond donors (Lipinski definition) is 0. The van der Waals surface area contributed by atoms with E-state index >= 15 is 0 Å². The van der Waals surface area contributed by atoms with Gasteiger partial charge < -0.3 is 14.1 Å². The van der Waals surface area contributed by atoms with Gasteiger partial charge in [-0.2, -0.15) is 0 Å². The zero-order valence-electron chi connectivity index (χ0n) is 14.5. The van der Waals surface area contributed by atoms with Gasteiger partial charge in [0, 0.05) is 17.1 Å². The van der Waals surface area contributed by atoms with Crippen molar-refractivity contribution in [3.8, 4) is 17.2 Å². The first kappa shape index (κ1) is 17.5. The third kappa shape index (κ3) is 3.95. The van der Waals surface area contributed by atoms with Crippen LogP contribution in [0.1, 0.15) is 24.8 Å². The van der Waals surface area contributed by atoms with Crippen molar-refractivity contribution < 1.29 is 13.9 Å². The van der Waals surface area contributed by atoms with Crippen molar-refractivity contribution in [2.45, 2.75) is 18.9 Å². The van der Waals surface area contributed by atoms with Gasteiger partial charge in [0.1, 0.15) is 11.8 Å². The molecule has 4 rings (SSSR count). The predicted octanol–water partition coefficient (Wildman–Crippen LogP) is 4.13. The van der Waals surface area contributed by atoms with E-state index in [9.17, 15) is 4.79 Å². The number of rotatable bonds is 5. The van der Waals surface area contributed by atoms with Gasteiger partial charge in [-0.15, -0.1) is 10.2 Å². The maximum absolute atomic E-state index is 12.6. The lowest BCUT2D eigenvalue weighted by atomic mass is 10.2. The molecule has 0 bridgehead atoms. The molecule has 2 aromatic carbocycles. The molecule has 7 heteroatoms. The number of hydrogen-bond acceptors (Lipinski definition) is 5. The van der Waals surface area contributed by atoms with E-state index in [0.29, 0.717) is 29.1 Å². The second-order valence-electron chi connectivity index (χ2n) is 6.30. The smallest absolute Gasteiger partial charge is 0.261 e. The zero-order chi connectivity index (χ0) is 18.6. The van der Waals surface area contributed by atoms with E-state index in [-0.39, 0.29) is 18.6 Å². The van der Waals surface area contributed by atoms with Gasteiger partial charge >= 0.3 is 0 Å². The minimum Gasteiger partial charge on any atom is -0.484 e. The van der Waals surface area contributed by atoms with Crippen LogP contribution < -0.4 is 4.74 Å². The summed E-state index contributed by atoms with van der Waals surface area (Å²) in [6.07, 6.45) is 1.68. The van der Waals surface area contributed by atoms with Gasteiger partial charge in [0.05, 0.1) is 0 Å². The lowest BCUT2D eigenvalue weighted by molar-refractivity contribution is -0.134. The van der Waals surface area contributed by atoms with Gasteiger partial charge in [0.15, 0.2) is 6.61 Å². The van der Waals surface area contributed by atoms with Crippen LogP contribution in [-0.2, 0) is 4.79 Å². The topological polar surface area (TPSA) is 68.5 Å². The molecule has 6 nitrogen and oxygen atoms in total. The number of likely N-dealkylation sites (tertiary alicyclic amines) is 1. The number of amides is 1. The Bertz CT molecular complexity index is 912. The van der Waals surface area contributed by atoms with Gasteiger partial charge in [-0.05, 0) is 49.2 Å². The predicted molar refractivity (Wildman–Crippen MR) is 100 cm³/mol. The highest BCUT2D eigenvalue weighted by atomic mass is 35.5. The maximum atomic E-state index is 12.6. The van der Waals surface area contributed by atoms with Crippen molar-refractivity contribution in [1.82, 2.24) is 15.1 Å². The SMILES string of the molecule is O=C(COc1ccc(Cl)cc1)N1CCCC1c1nnc(-c2ccccc2)o1. The second kappa shape index (κ2) is 7.80. The van der Waals surface area contributed by atoms with Crippen LogP contribution in [0.4, 0.5) is 0 Å². The summed E-state index contributed by atoms with van der Waals surface area (Å²) < 4.78 is 11.4. The van der Waals surface area contributed by atoms with Crippen LogP contribution in [0.25, 0.3) is 11.5 Å². The average molecular weight is 384 g/mol. The Morgan fingerprint density at radius 3 is 2.70 bits per heavy atom. The standard InChI is InChI=1S/C20H18ClN3O3/c21-15-8-10-16(11-9-15)26-13-18(25)24-12-4-7-17(24)20-23-22-19(27-20)14-5-2-1-3-6-14/h1-3,5-6,8-11,17H,4,7,12-13H2. The van der Waals surface area contributed by atoms with Gasteiger partial charge in [-0.1, -0.05) is 29.8 Å². The lowest BCUT2D eigenvalue weighted by Gasteiger charge is -2.22. The van der Waals surface area contributed by atoms with Gasteiger partial charge in [-0.25, -0.2) is 0 Å². The monoisotopic (exact) mass is 383 g/mol. The fraction of sp³-hybridized carbons (Fsp3) is 0.250. The Labute approximate surface area is 161 Å². The van der Waals surface area contributed by atoms with Crippen LogP contribution in [0.15, 0.2) is 59.0 Å². The summed E-state index contributed by atoms with van der Waals surface area (Å²) in [6.45, 7) is 0.605. The van der Waals surface area contributed by atoms with Crippen molar-refractivity contribution in [1.29, 1.82) is 0 Å². The molecule has 1 unspecified atom stereocenters. The highest BCUT2D eigenvalue weighted by molar-refractivity contribution is 6.30. The number of halogens is 1. The van der Waals surface area contributed by atoms with Crippen LogP contribution in [0.3, 0.4) is 0 Å². The summed E-state index contributed by atoms with van der Waals surface area (Å²) in [6, 6.07) is 16.3. The molecule has 3 aromatic rings. The van der Waals surface area contributed by atoms with E-state index in [0.717, 1.165) is 18.4 Å². The molecule has 0 aliphatic carbocycles. The van der Waals surface area contributed by atoms with Crippen LogP contribution >= 0.6 is 11.6 Å². The van der Waals surface area contributed by atoms with Gasteiger partial charge in [0.25, 0.3) is 5.91 Å². The first-order chi connectivity index (χ1) is 13.2. The van der Waals surface area contributed by atoms with E-state index in [2.05, 4.69) is 10.2 Å². The molecule has 1 aliphatic rings. The Balaban J connectivity index is 1.43. The Morgan fingerprint density at radius 2 is 1.93 bits per heavy atom. The van der Waals surface area contributed by atoms with E-state index < -0.39 is 0 Å². The highest BCUT2D eigenvalue weighted by Crippen LogP contribution is 2.32. The number of aromatic nitrogens is 2. The first-order valence-electron chi connectivity index (χ1n) is 8.77. The maximum Gasteiger partial charge on any atom is 0.261 e. The fourth-order valence-electron chi connectivity index (χ4n) is 3.15. The third-order valence-corrected chi connectivity index (χ3v) is 4.75. The summed E-state index contributed by atoms with van der Waals surface area (Å²) in [4.78, 5) is 14.4. The largest absolute Gasteiger partial charge is 0.484 e. The molecule has 1 saturated heterocycles. The normalized spacial score (nSPS) is 16.5. The van der Waals surface area contributed by atoms with Gasteiger partial charge in [-0.3, -0.25) is 4.79 Å². The van der Waals surface area contributed by atoms with Crippen LogP contribution in [0, 0.1) is 0 Å². The van der Waals surface area contributed by atoms with E-state index in [1.165, 1.54) is 0 Å². The quantitative estimate of drug-likeness (QED) is 0.662. The third-order valence-electron chi connectivity index (χ3n) is 4.50. The molecule has 1 amide bonds. The van der Waals surface area contributed by atoms with E-state index in [1.54, 1.807) is 29.2 Å². The molecule has 2 heterocycles. The molecule has 1 atom stereocenters. The molecule has 0 saturated carbocycles. The molecule has 0 radical (unpaired) electrons. The van der Waals surface area contributed by atoms with Crippen molar-refractivity contribution in [2.75, 3.05) is 13.2 Å². The molecular weight excluding hydrogens is 366 g/mol. The lowest BCUT2D eigenvalue weighted by Crippen LogP contribution is -2.34. The zero-order valence-corrected chi connectivity index (χ0v) is 15.3. The minimum atomic E-state index is -0.212. The van der Waals surface area contributed by atoms with Crippen molar-refractivity contribution in [3.05, 3.63) is 65.5 Å². The number of benzene rings is 2. The second-order valence-corrected chi connectivity index (χ2v) is 6.74. The Kier molecular flexibility index (Phi) is 5.07. The van der Waals surface area contributed by atoms with Crippen LogP contribution in [-0.4, -0.2) is 34.2 Å². The number of carbonyl (C=O) groups excluding carboxylic acids is 1. The summed E-state index contributed by atoms with van der Waals surface area (Å²) >= 11 is 5.86. The molecule has 27 heavy (non-hydrogen) atoms. The average Bonchev–Trinajstić information content (AvgIpc) is 3.37. The summed E-state index contributed by atoms with van der Waals surface area (Å²) in [7, 11) is 0. The molecule has 138 valence electrons. The summed E-state index contributed by atoms with van der Waals surface area (Å²) in [5.41, 5.74) is 0.859. The van der Waals surface area contributed by atoms with Gasteiger partial charge in [0.2, 0.25) is 11.8 Å². The molecule has 1 fully saturated rings. The first-order valence-corrected chi connectivity index (χ1v) is 9.15. The summed E-state index contributed by atoms with van der Waals surface area (Å²) in [5.74, 6) is 1.42. The number of nitrogens with zero attached hydrogens (tertiary/aromatic N) is 3. The van der Waals surface area contributed by atoms with Crippen LogP contribution in [0.2, 0.25) is 5.02 Å². The van der Waals surface area contributed by atoms with Crippen molar-refractivity contribution in [2.24, 2.45) is 0 Å². The van der Waals surface area contributed by atoms with Crippen LogP contribution in [0.5, 0.6) is 5.75 Å². The molecule has 1 aliphatic heterocycles. The van der Waals surface area contributed by atoms with E-state index in [4.69, 9.17) is 20.8 Å². The Hall–Kier alpha value is -2.86. The molecule has 1 aromatic heterocycles. The molecular formula is C20H18ClN3O3. The highest BCUT2D eigenvalue weighted by Gasteiger charge is 2.34. The van der Waals surface area contributed by atoms with Crippen molar-refractivity contribution >= 4 is 17.5 Å². The van der Waals surface area contributed by atoms with E-state index in [1.807, 2.05) is 30.3 Å². The number of ether oxygens (including phenoxy) is 1. The fourth-order valence-corrected chi connectivity index (χ4v) is 3.27. The van der Waals surface area contributed by atoms with Crippen molar-refractivity contribution in [3.63, 3.8) is 0 Å². The summed E-state index contributed by atoms with van der Waals surface area (Å²) in [5, 5.41) is 8.92. The Morgan fingerprint density at radius 1 is 1.15 bits per heavy atom.